The molecule has 1 aromatic carbocycles. The van der Waals surface area contributed by atoms with Crippen LogP contribution >= 0.6 is 0 Å². The first-order valence-corrected chi connectivity index (χ1v) is 10.8. The molecule has 0 bridgehead atoms. The Morgan fingerprint density at radius 1 is 0.923 bits per heavy atom. The van der Waals surface area contributed by atoms with E-state index in [1.54, 1.807) is 19.8 Å². The van der Waals surface area contributed by atoms with E-state index in [-0.39, 0.29) is 0 Å². The lowest BCUT2D eigenvalue weighted by Gasteiger charge is -2.30. The minimum absolute atomic E-state index is 0.558. The van der Waals surface area contributed by atoms with E-state index < -0.39 is 0 Å². The third-order valence-electron chi connectivity index (χ3n) is 6.15. The summed E-state index contributed by atoms with van der Waals surface area (Å²) in [7, 11) is 3.59. The molecular weight excluding hydrogens is 320 g/mol. The van der Waals surface area contributed by atoms with E-state index in [1.807, 2.05) is 0 Å². The zero-order valence-corrected chi connectivity index (χ0v) is 17.3. The van der Waals surface area contributed by atoms with Crippen LogP contribution in [0.5, 0.6) is 0 Å². The lowest BCUT2D eigenvalue weighted by Crippen LogP contribution is -2.18. The number of unbranched alkanes of at least 4 members (excludes halogenated alkanes) is 2. The Morgan fingerprint density at radius 2 is 1.58 bits per heavy atom. The smallest absolute Gasteiger partial charge is 0.0512 e. The highest BCUT2D eigenvalue weighted by atomic mass is 16.5. The van der Waals surface area contributed by atoms with Gasteiger partial charge in [0.1, 0.15) is 0 Å². The van der Waals surface area contributed by atoms with E-state index in [1.165, 1.54) is 69.8 Å². The fourth-order valence-corrected chi connectivity index (χ4v) is 4.48. The van der Waals surface area contributed by atoms with Gasteiger partial charge in [0.2, 0.25) is 0 Å². The molecule has 0 N–H and O–H groups in total. The van der Waals surface area contributed by atoms with Crippen molar-refractivity contribution in [2.75, 3.05) is 27.4 Å². The minimum Gasteiger partial charge on any atom is -0.384 e. The fraction of sp³-hybridized carbons (Fsp3) is 0.750. The lowest BCUT2D eigenvalue weighted by molar-refractivity contribution is 0.0756. The SMILES string of the molecule is CCCCCc1ccc(C2CCC(CCC(COC)COC)CC2)cc1. The highest BCUT2D eigenvalue weighted by molar-refractivity contribution is 5.25. The molecule has 0 radical (unpaired) electrons. The first-order valence-electron chi connectivity index (χ1n) is 10.8. The van der Waals surface area contributed by atoms with E-state index in [0.29, 0.717) is 5.92 Å². The molecule has 2 nitrogen and oxygen atoms in total. The molecule has 148 valence electrons. The van der Waals surface area contributed by atoms with Crippen LogP contribution in [0.3, 0.4) is 0 Å². The van der Waals surface area contributed by atoms with Crippen LogP contribution in [-0.2, 0) is 15.9 Å². The van der Waals surface area contributed by atoms with Gasteiger partial charge in [0.25, 0.3) is 0 Å². The molecule has 1 fully saturated rings. The molecule has 2 rings (SSSR count). The van der Waals surface area contributed by atoms with Crippen molar-refractivity contribution in [1.29, 1.82) is 0 Å². The van der Waals surface area contributed by atoms with Crippen LogP contribution in [-0.4, -0.2) is 27.4 Å². The number of methoxy groups -OCH3 is 2. The number of aryl methyl sites for hydroxylation is 1. The molecule has 1 aliphatic carbocycles. The first kappa shape index (κ1) is 21.4. The number of hydrogen-bond acceptors (Lipinski definition) is 2. The van der Waals surface area contributed by atoms with Gasteiger partial charge in [-0.05, 0) is 67.9 Å². The van der Waals surface area contributed by atoms with Crippen molar-refractivity contribution in [2.45, 2.75) is 77.0 Å². The molecule has 0 heterocycles. The number of hydrogen-bond donors (Lipinski definition) is 0. The van der Waals surface area contributed by atoms with Crippen LogP contribution < -0.4 is 0 Å². The van der Waals surface area contributed by atoms with Gasteiger partial charge in [-0.3, -0.25) is 0 Å². The molecule has 1 aliphatic rings. The number of benzene rings is 1. The van der Waals surface area contributed by atoms with Crippen molar-refractivity contribution in [3.63, 3.8) is 0 Å². The summed E-state index contributed by atoms with van der Waals surface area (Å²) in [4.78, 5) is 0. The highest BCUT2D eigenvalue weighted by Crippen LogP contribution is 2.38. The molecule has 2 heteroatoms. The molecule has 1 saturated carbocycles. The minimum atomic E-state index is 0.558. The zero-order valence-electron chi connectivity index (χ0n) is 17.3. The van der Waals surface area contributed by atoms with Gasteiger partial charge in [-0.1, -0.05) is 50.5 Å². The number of ether oxygens (including phenoxy) is 2. The molecule has 0 aromatic heterocycles. The summed E-state index contributed by atoms with van der Waals surface area (Å²) in [6.07, 6.45) is 13.3. The predicted octanol–water partition coefficient (Wildman–Crippen LogP) is 6.38. The van der Waals surface area contributed by atoms with Gasteiger partial charge in [0, 0.05) is 20.1 Å². The Kier molecular flexibility index (Phi) is 10.3. The zero-order chi connectivity index (χ0) is 18.6. The third-order valence-corrected chi connectivity index (χ3v) is 6.15. The average Bonchev–Trinajstić information content (AvgIpc) is 2.68. The second-order valence-electron chi connectivity index (χ2n) is 8.27. The van der Waals surface area contributed by atoms with Crippen LogP contribution in [0.25, 0.3) is 0 Å². The Balaban J connectivity index is 1.72. The molecule has 0 aliphatic heterocycles. The summed E-state index contributed by atoms with van der Waals surface area (Å²) in [6, 6.07) is 9.55. The summed E-state index contributed by atoms with van der Waals surface area (Å²) < 4.78 is 10.7. The van der Waals surface area contributed by atoms with Crippen molar-refractivity contribution < 1.29 is 9.47 Å². The maximum absolute atomic E-state index is 5.33. The van der Waals surface area contributed by atoms with Gasteiger partial charge in [0.05, 0.1) is 13.2 Å². The third kappa shape index (κ3) is 7.40. The van der Waals surface area contributed by atoms with E-state index in [2.05, 4.69) is 31.2 Å². The largest absolute Gasteiger partial charge is 0.384 e. The van der Waals surface area contributed by atoms with E-state index in [9.17, 15) is 0 Å². The number of rotatable bonds is 12. The summed E-state index contributed by atoms with van der Waals surface area (Å²) >= 11 is 0. The summed E-state index contributed by atoms with van der Waals surface area (Å²) in [5.74, 6) is 2.24. The van der Waals surface area contributed by atoms with Gasteiger partial charge in [0.15, 0.2) is 0 Å². The van der Waals surface area contributed by atoms with Crippen LogP contribution in [0.15, 0.2) is 24.3 Å². The van der Waals surface area contributed by atoms with Crippen molar-refractivity contribution in [3.05, 3.63) is 35.4 Å². The normalized spacial score (nSPS) is 20.6. The maximum Gasteiger partial charge on any atom is 0.0512 e. The molecule has 0 spiro atoms. The van der Waals surface area contributed by atoms with Gasteiger partial charge >= 0.3 is 0 Å². The van der Waals surface area contributed by atoms with Gasteiger partial charge in [-0.2, -0.15) is 0 Å². The summed E-state index contributed by atoms with van der Waals surface area (Å²) in [5, 5.41) is 0. The molecule has 0 saturated heterocycles. The lowest BCUT2D eigenvalue weighted by atomic mass is 9.76. The van der Waals surface area contributed by atoms with Crippen molar-refractivity contribution >= 4 is 0 Å². The van der Waals surface area contributed by atoms with Gasteiger partial charge in [-0.15, -0.1) is 0 Å². The van der Waals surface area contributed by atoms with Crippen molar-refractivity contribution in [2.24, 2.45) is 11.8 Å². The van der Waals surface area contributed by atoms with Crippen LogP contribution in [0.2, 0.25) is 0 Å². The quantitative estimate of drug-likeness (QED) is 0.402. The van der Waals surface area contributed by atoms with Gasteiger partial charge < -0.3 is 9.47 Å². The van der Waals surface area contributed by atoms with E-state index in [0.717, 1.165) is 25.0 Å². The topological polar surface area (TPSA) is 18.5 Å². The summed E-state index contributed by atoms with van der Waals surface area (Å²) in [6.45, 7) is 3.93. The summed E-state index contributed by atoms with van der Waals surface area (Å²) in [5.41, 5.74) is 3.08. The molecule has 26 heavy (non-hydrogen) atoms. The Hall–Kier alpha value is -0.860. The van der Waals surface area contributed by atoms with E-state index in [4.69, 9.17) is 9.47 Å². The predicted molar refractivity (Wildman–Crippen MR) is 111 cm³/mol. The van der Waals surface area contributed by atoms with Crippen LogP contribution in [0.4, 0.5) is 0 Å². The van der Waals surface area contributed by atoms with Crippen molar-refractivity contribution in [1.82, 2.24) is 0 Å². The monoisotopic (exact) mass is 360 g/mol. The van der Waals surface area contributed by atoms with Gasteiger partial charge in [-0.25, -0.2) is 0 Å². The first-order chi connectivity index (χ1) is 12.8. The average molecular weight is 361 g/mol. The molecule has 0 unspecified atom stereocenters. The Morgan fingerprint density at radius 3 is 2.15 bits per heavy atom. The highest BCUT2D eigenvalue weighted by Gasteiger charge is 2.23. The molecule has 0 atom stereocenters. The van der Waals surface area contributed by atoms with Crippen LogP contribution in [0, 0.1) is 11.8 Å². The van der Waals surface area contributed by atoms with Crippen molar-refractivity contribution in [3.8, 4) is 0 Å². The Bertz CT molecular complexity index is 454. The van der Waals surface area contributed by atoms with E-state index >= 15 is 0 Å². The Labute approximate surface area is 161 Å². The second-order valence-corrected chi connectivity index (χ2v) is 8.27. The standard InChI is InChI=1S/C24H40O2/c1-4-5-6-7-20-10-14-23(15-11-20)24-16-12-21(13-17-24)8-9-22(18-25-2)19-26-3/h10-11,14-15,21-22,24H,4-9,12-13,16-19H2,1-3H3. The second kappa shape index (κ2) is 12.5. The molecule has 0 amide bonds. The molecule has 1 aromatic rings. The molecular formula is C24H40O2. The fourth-order valence-electron chi connectivity index (χ4n) is 4.48. The van der Waals surface area contributed by atoms with Crippen LogP contribution in [0.1, 0.15) is 81.8 Å². The maximum atomic E-state index is 5.33.